The van der Waals surface area contributed by atoms with Gasteiger partial charge in [0.1, 0.15) is 0 Å². The fourth-order valence-corrected chi connectivity index (χ4v) is 3.53. The molecule has 2 aromatic heterocycles. The van der Waals surface area contributed by atoms with Crippen molar-refractivity contribution in [3.05, 3.63) is 102 Å². The number of benzene rings is 3. The highest BCUT2D eigenvalue weighted by molar-refractivity contribution is 5.74. The van der Waals surface area contributed by atoms with E-state index in [9.17, 15) is 0 Å². The Labute approximate surface area is 170 Å². The molecule has 0 unspecified atom stereocenters. The Bertz CT molecular complexity index is 1280. The van der Waals surface area contributed by atoms with Gasteiger partial charge in [0, 0.05) is 22.8 Å². The van der Waals surface area contributed by atoms with Crippen LogP contribution in [-0.4, -0.2) is 14.6 Å². The highest BCUT2D eigenvalue weighted by atomic mass is 15.3. The molecule has 0 aliphatic heterocycles. The van der Waals surface area contributed by atoms with Crippen LogP contribution in [-0.2, 0) is 0 Å². The van der Waals surface area contributed by atoms with E-state index in [0.29, 0.717) is 0 Å². The molecule has 3 heteroatoms. The molecule has 0 bridgehead atoms. The number of fused-ring (bicyclic) bond motifs is 1. The summed E-state index contributed by atoms with van der Waals surface area (Å²) in [4.78, 5) is 4.93. The molecule has 0 radical (unpaired) electrons. The standard InChI is InChI=1S/C26H21N3/c1-18-8-12-21(13-9-18)23-16-25(22-14-10-19(2)11-15-22)29-26(27-23)17-24(28-29)20-6-4-3-5-7-20/h3-17H,1-2H3. The van der Waals surface area contributed by atoms with Gasteiger partial charge in [-0.25, -0.2) is 9.50 Å². The summed E-state index contributed by atoms with van der Waals surface area (Å²) < 4.78 is 1.95. The normalized spacial score (nSPS) is 11.1. The monoisotopic (exact) mass is 375 g/mol. The van der Waals surface area contributed by atoms with Crippen molar-refractivity contribution < 1.29 is 0 Å². The van der Waals surface area contributed by atoms with Crippen LogP contribution in [0.25, 0.3) is 39.4 Å². The van der Waals surface area contributed by atoms with E-state index in [-0.39, 0.29) is 0 Å². The van der Waals surface area contributed by atoms with Crippen molar-refractivity contribution in [1.29, 1.82) is 0 Å². The number of hydrogen-bond donors (Lipinski definition) is 0. The van der Waals surface area contributed by atoms with Crippen molar-refractivity contribution in [3.8, 4) is 33.8 Å². The fourth-order valence-electron chi connectivity index (χ4n) is 3.53. The van der Waals surface area contributed by atoms with Gasteiger partial charge in [-0.05, 0) is 19.9 Å². The molecule has 5 rings (SSSR count). The van der Waals surface area contributed by atoms with Gasteiger partial charge in [0.05, 0.1) is 17.1 Å². The summed E-state index contributed by atoms with van der Waals surface area (Å²) >= 11 is 0. The summed E-state index contributed by atoms with van der Waals surface area (Å²) in [7, 11) is 0. The molecular formula is C26H21N3. The molecule has 2 heterocycles. The van der Waals surface area contributed by atoms with Gasteiger partial charge in [-0.15, -0.1) is 0 Å². The lowest BCUT2D eigenvalue weighted by Gasteiger charge is -2.09. The molecule has 29 heavy (non-hydrogen) atoms. The highest BCUT2D eigenvalue weighted by Gasteiger charge is 2.13. The lowest BCUT2D eigenvalue weighted by molar-refractivity contribution is 0.953. The zero-order chi connectivity index (χ0) is 19.8. The molecule has 0 amide bonds. The molecule has 0 spiro atoms. The minimum absolute atomic E-state index is 0.845. The molecule has 0 atom stereocenters. The summed E-state index contributed by atoms with van der Waals surface area (Å²) in [5.74, 6) is 0. The Kier molecular flexibility index (Phi) is 4.21. The highest BCUT2D eigenvalue weighted by Crippen LogP contribution is 2.29. The summed E-state index contributed by atoms with van der Waals surface area (Å²) in [5.41, 5.74) is 9.55. The van der Waals surface area contributed by atoms with E-state index in [1.54, 1.807) is 0 Å². The molecule has 0 aliphatic rings. The molecule has 140 valence electrons. The van der Waals surface area contributed by atoms with Crippen LogP contribution in [0.1, 0.15) is 11.1 Å². The first-order chi connectivity index (χ1) is 14.2. The summed E-state index contributed by atoms with van der Waals surface area (Å²) in [6.45, 7) is 4.20. The number of aromatic nitrogens is 3. The van der Waals surface area contributed by atoms with Gasteiger partial charge in [-0.2, -0.15) is 5.10 Å². The Morgan fingerprint density at radius 3 is 1.83 bits per heavy atom. The number of hydrogen-bond acceptors (Lipinski definition) is 2. The number of aryl methyl sites for hydroxylation is 2. The van der Waals surface area contributed by atoms with Crippen LogP contribution in [0.5, 0.6) is 0 Å². The molecule has 5 aromatic rings. The van der Waals surface area contributed by atoms with E-state index in [4.69, 9.17) is 10.1 Å². The number of rotatable bonds is 3. The van der Waals surface area contributed by atoms with Gasteiger partial charge in [0.25, 0.3) is 0 Å². The van der Waals surface area contributed by atoms with Crippen LogP contribution in [0.4, 0.5) is 0 Å². The van der Waals surface area contributed by atoms with Crippen molar-refractivity contribution in [2.24, 2.45) is 0 Å². The lowest BCUT2D eigenvalue weighted by atomic mass is 10.1. The van der Waals surface area contributed by atoms with Gasteiger partial charge in [-0.3, -0.25) is 0 Å². The third-order valence-electron chi connectivity index (χ3n) is 5.19. The Morgan fingerprint density at radius 2 is 1.17 bits per heavy atom. The third kappa shape index (κ3) is 3.32. The Morgan fingerprint density at radius 1 is 0.586 bits per heavy atom. The molecule has 0 aliphatic carbocycles. The first-order valence-corrected chi connectivity index (χ1v) is 9.78. The van der Waals surface area contributed by atoms with E-state index in [0.717, 1.165) is 39.4 Å². The second-order valence-electron chi connectivity index (χ2n) is 7.42. The second-order valence-corrected chi connectivity index (χ2v) is 7.42. The van der Waals surface area contributed by atoms with E-state index >= 15 is 0 Å². The topological polar surface area (TPSA) is 30.2 Å². The van der Waals surface area contributed by atoms with Crippen LogP contribution in [0.3, 0.4) is 0 Å². The zero-order valence-corrected chi connectivity index (χ0v) is 16.5. The second kappa shape index (κ2) is 7.02. The third-order valence-corrected chi connectivity index (χ3v) is 5.19. The maximum Gasteiger partial charge on any atom is 0.156 e. The molecule has 3 nitrogen and oxygen atoms in total. The van der Waals surface area contributed by atoms with Gasteiger partial charge in [0.2, 0.25) is 0 Å². The molecule has 0 saturated carbocycles. The van der Waals surface area contributed by atoms with Crippen molar-refractivity contribution >= 4 is 5.65 Å². The van der Waals surface area contributed by atoms with Crippen LogP contribution in [0.15, 0.2) is 91.0 Å². The van der Waals surface area contributed by atoms with Gasteiger partial charge in [-0.1, -0.05) is 90.0 Å². The number of nitrogens with zero attached hydrogens (tertiary/aromatic N) is 3. The van der Waals surface area contributed by atoms with Crippen molar-refractivity contribution in [2.75, 3.05) is 0 Å². The molecule has 0 N–H and O–H groups in total. The SMILES string of the molecule is Cc1ccc(-c2cc(-c3ccc(C)cc3)n3nc(-c4ccccc4)cc3n2)cc1. The van der Waals surface area contributed by atoms with E-state index in [2.05, 4.69) is 86.6 Å². The van der Waals surface area contributed by atoms with Gasteiger partial charge < -0.3 is 0 Å². The first-order valence-electron chi connectivity index (χ1n) is 9.78. The Balaban J connectivity index is 1.75. The first kappa shape index (κ1) is 17.4. The zero-order valence-electron chi connectivity index (χ0n) is 16.5. The van der Waals surface area contributed by atoms with Crippen LogP contribution in [0, 0.1) is 13.8 Å². The summed E-state index contributed by atoms with van der Waals surface area (Å²) in [6.07, 6.45) is 0. The van der Waals surface area contributed by atoms with E-state index in [1.807, 2.05) is 22.7 Å². The van der Waals surface area contributed by atoms with Crippen LogP contribution in [0.2, 0.25) is 0 Å². The quantitative estimate of drug-likeness (QED) is 0.368. The van der Waals surface area contributed by atoms with Crippen LogP contribution < -0.4 is 0 Å². The fraction of sp³-hybridized carbons (Fsp3) is 0.0769. The van der Waals surface area contributed by atoms with E-state index in [1.165, 1.54) is 11.1 Å². The predicted molar refractivity (Wildman–Crippen MR) is 119 cm³/mol. The van der Waals surface area contributed by atoms with Gasteiger partial charge in [0.15, 0.2) is 5.65 Å². The molecular weight excluding hydrogens is 354 g/mol. The lowest BCUT2D eigenvalue weighted by Crippen LogP contribution is -1.98. The van der Waals surface area contributed by atoms with Crippen LogP contribution >= 0.6 is 0 Å². The summed E-state index contributed by atoms with van der Waals surface area (Å²) in [6, 6.07) is 31.5. The maximum absolute atomic E-state index is 4.93. The van der Waals surface area contributed by atoms with Crippen molar-refractivity contribution in [3.63, 3.8) is 0 Å². The molecule has 0 saturated heterocycles. The average molecular weight is 375 g/mol. The maximum atomic E-state index is 4.93. The molecule has 0 fully saturated rings. The smallest absolute Gasteiger partial charge is 0.156 e. The minimum atomic E-state index is 0.845. The molecule has 3 aromatic carbocycles. The summed E-state index contributed by atoms with van der Waals surface area (Å²) in [5, 5.41) is 4.88. The van der Waals surface area contributed by atoms with Gasteiger partial charge >= 0.3 is 0 Å². The average Bonchev–Trinajstić information content (AvgIpc) is 3.19. The van der Waals surface area contributed by atoms with Crippen molar-refractivity contribution in [1.82, 2.24) is 14.6 Å². The predicted octanol–water partition coefficient (Wildman–Crippen LogP) is 6.35. The van der Waals surface area contributed by atoms with E-state index < -0.39 is 0 Å². The minimum Gasteiger partial charge on any atom is -0.228 e. The Hall–Kier alpha value is -3.72. The largest absolute Gasteiger partial charge is 0.228 e. The van der Waals surface area contributed by atoms with Crippen molar-refractivity contribution in [2.45, 2.75) is 13.8 Å².